The second kappa shape index (κ2) is 5.97. The van der Waals surface area contributed by atoms with Crippen molar-refractivity contribution in [2.24, 2.45) is 5.10 Å². The number of hydrogen-bond acceptors (Lipinski definition) is 4. The predicted molar refractivity (Wildman–Crippen MR) is 69.1 cm³/mol. The quantitative estimate of drug-likeness (QED) is 0.367. The Labute approximate surface area is 118 Å². The molecule has 0 saturated carbocycles. The second-order valence-corrected chi connectivity index (χ2v) is 4.73. The Morgan fingerprint density at radius 1 is 1.35 bits per heavy atom. The first kappa shape index (κ1) is 13.9. The first-order valence-corrected chi connectivity index (χ1v) is 5.94. The van der Waals surface area contributed by atoms with E-state index in [0.717, 1.165) is 0 Å². The maximum Gasteiger partial charge on any atom is 0.237 e. The summed E-state index contributed by atoms with van der Waals surface area (Å²) in [6.45, 7) is 0. The van der Waals surface area contributed by atoms with Gasteiger partial charge in [-0.2, -0.15) is 15.6 Å². The number of rotatable bonds is 2. The number of hydrazone groups is 1. The Hall–Kier alpha value is -1.15. The lowest BCUT2D eigenvalue weighted by Gasteiger charge is -2.08. The number of nitriles is 2. The Balaban J connectivity index is 3.18. The van der Waals surface area contributed by atoms with Gasteiger partial charge in [0.05, 0.1) is 10.2 Å². The Bertz CT molecular complexity index is 558. The number of anilines is 1. The molecule has 0 unspecified atom stereocenters. The van der Waals surface area contributed by atoms with Crippen molar-refractivity contribution < 1.29 is 4.39 Å². The number of nitrogens with zero attached hydrogens (tertiary/aromatic N) is 3. The summed E-state index contributed by atoms with van der Waals surface area (Å²) in [5, 5.41) is 20.2. The van der Waals surface area contributed by atoms with Crippen LogP contribution in [0.4, 0.5) is 10.1 Å². The van der Waals surface area contributed by atoms with Gasteiger partial charge in [-0.15, -0.1) is 0 Å². The standard InChI is InChI=1S/C9H2Br2ClFN4/c10-5-1-6(11)9(7(12)8(5)13)17-16-4(2-14)3-15/h1,17H. The van der Waals surface area contributed by atoms with E-state index in [9.17, 15) is 4.39 Å². The topological polar surface area (TPSA) is 72.0 Å². The van der Waals surface area contributed by atoms with Crippen molar-refractivity contribution in [3.63, 3.8) is 0 Å². The fourth-order valence-corrected chi connectivity index (χ4v) is 2.58. The van der Waals surface area contributed by atoms with Gasteiger partial charge >= 0.3 is 0 Å². The maximum atomic E-state index is 13.4. The van der Waals surface area contributed by atoms with Crippen LogP contribution in [-0.4, -0.2) is 5.71 Å². The third-order valence-electron chi connectivity index (χ3n) is 1.61. The van der Waals surface area contributed by atoms with Gasteiger partial charge in [-0.1, -0.05) is 11.6 Å². The van der Waals surface area contributed by atoms with E-state index in [0.29, 0.717) is 4.47 Å². The minimum Gasteiger partial charge on any atom is -0.274 e. The van der Waals surface area contributed by atoms with Crippen LogP contribution in [-0.2, 0) is 0 Å². The van der Waals surface area contributed by atoms with Crippen LogP contribution in [0.25, 0.3) is 0 Å². The van der Waals surface area contributed by atoms with Gasteiger partial charge in [0, 0.05) is 4.47 Å². The lowest BCUT2D eigenvalue weighted by atomic mass is 10.3. The zero-order chi connectivity index (χ0) is 13.0. The van der Waals surface area contributed by atoms with Crippen molar-refractivity contribution in [1.82, 2.24) is 0 Å². The molecule has 0 amide bonds. The molecule has 0 bridgehead atoms. The summed E-state index contributed by atoms with van der Waals surface area (Å²) in [5.74, 6) is -0.664. The molecule has 0 aliphatic carbocycles. The minimum atomic E-state index is -0.664. The van der Waals surface area contributed by atoms with Crippen LogP contribution in [0, 0.1) is 28.5 Å². The van der Waals surface area contributed by atoms with Crippen molar-refractivity contribution >= 4 is 54.9 Å². The molecule has 0 aromatic heterocycles. The molecule has 1 N–H and O–H groups in total. The molecule has 1 aromatic rings. The van der Waals surface area contributed by atoms with Gasteiger partial charge in [0.25, 0.3) is 0 Å². The molecule has 0 fully saturated rings. The highest BCUT2D eigenvalue weighted by Gasteiger charge is 2.14. The molecule has 86 valence electrons. The monoisotopic (exact) mass is 378 g/mol. The minimum absolute atomic E-state index is 0.135. The third kappa shape index (κ3) is 3.16. The van der Waals surface area contributed by atoms with Gasteiger partial charge in [0.1, 0.15) is 17.2 Å². The van der Waals surface area contributed by atoms with E-state index >= 15 is 0 Å². The Kier molecular flexibility index (Phi) is 4.88. The van der Waals surface area contributed by atoms with Crippen LogP contribution < -0.4 is 5.43 Å². The molecule has 17 heavy (non-hydrogen) atoms. The smallest absolute Gasteiger partial charge is 0.237 e. The van der Waals surface area contributed by atoms with E-state index < -0.39 is 11.5 Å². The molecule has 0 radical (unpaired) electrons. The van der Waals surface area contributed by atoms with Crippen molar-refractivity contribution in [2.75, 3.05) is 5.43 Å². The van der Waals surface area contributed by atoms with Gasteiger partial charge in [-0.3, -0.25) is 5.43 Å². The fraction of sp³-hybridized carbons (Fsp3) is 0. The second-order valence-electron chi connectivity index (χ2n) is 2.64. The predicted octanol–water partition coefficient (Wildman–Crippen LogP) is 3.82. The first-order valence-electron chi connectivity index (χ1n) is 3.98. The van der Waals surface area contributed by atoms with Crippen LogP contribution in [0.3, 0.4) is 0 Å². The molecule has 0 aliphatic rings. The number of hydrogen-bond donors (Lipinski definition) is 1. The van der Waals surface area contributed by atoms with E-state index in [1.54, 1.807) is 12.1 Å². The Morgan fingerprint density at radius 2 is 1.94 bits per heavy atom. The summed E-state index contributed by atoms with van der Waals surface area (Å²) in [6, 6.07) is 4.53. The summed E-state index contributed by atoms with van der Waals surface area (Å²) in [6.07, 6.45) is 0. The zero-order valence-electron chi connectivity index (χ0n) is 7.93. The molecule has 0 spiro atoms. The molecule has 0 heterocycles. The van der Waals surface area contributed by atoms with Crippen LogP contribution >= 0.6 is 43.5 Å². The van der Waals surface area contributed by atoms with Crippen molar-refractivity contribution in [3.8, 4) is 12.1 Å². The summed E-state index contributed by atoms with van der Waals surface area (Å²) < 4.78 is 14.1. The largest absolute Gasteiger partial charge is 0.274 e. The van der Waals surface area contributed by atoms with E-state index in [1.165, 1.54) is 6.07 Å². The molecule has 0 saturated heterocycles. The lowest BCUT2D eigenvalue weighted by Crippen LogP contribution is -1.99. The molecule has 1 aromatic carbocycles. The zero-order valence-corrected chi connectivity index (χ0v) is 11.9. The molecular weight excluding hydrogens is 378 g/mol. The average Bonchev–Trinajstić information content (AvgIpc) is 2.31. The van der Waals surface area contributed by atoms with E-state index in [1.807, 2.05) is 0 Å². The highest BCUT2D eigenvalue weighted by atomic mass is 79.9. The summed E-state index contributed by atoms with van der Waals surface area (Å²) >= 11 is 11.9. The van der Waals surface area contributed by atoms with E-state index in [2.05, 4.69) is 42.4 Å². The summed E-state index contributed by atoms with van der Waals surface area (Å²) in [4.78, 5) is 0. The Morgan fingerprint density at radius 3 is 2.47 bits per heavy atom. The molecule has 0 aliphatic heterocycles. The SMILES string of the molecule is N#CC(C#N)=NNc1c(Br)cc(Br)c(F)c1Cl. The number of halogens is 4. The van der Waals surface area contributed by atoms with Crippen LogP contribution in [0.1, 0.15) is 0 Å². The third-order valence-corrected chi connectivity index (χ3v) is 3.16. The molecular formula is C9H2Br2ClFN4. The van der Waals surface area contributed by atoms with E-state index in [-0.39, 0.29) is 15.2 Å². The molecule has 4 nitrogen and oxygen atoms in total. The van der Waals surface area contributed by atoms with Gasteiger partial charge in [-0.05, 0) is 37.9 Å². The lowest BCUT2D eigenvalue weighted by molar-refractivity contribution is 0.621. The van der Waals surface area contributed by atoms with Crippen molar-refractivity contribution in [2.45, 2.75) is 0 Å². The normalized spacial score (nSPS) is 9.06. The van der Waals surface area contributed by atoms with Crippen LogP contribution in [0.5, 0.6) is 0 Å². The maximum absolute atomic E-state index is 13.4. The van der Waals surface area contributed by atoms with Crippen LogP contribution in [0.2, 0.25) is 5.02 Å². The van der Waals surface area contributed by atoms with Crippen molar-refractivity contribution in [1.29, 1.82) is 10.5 Å². The van der Waals surface area contributed by atoms with Crippen molar-refractivity contribution in [3.05, 3.63) is 25.9 Å². The van der Waals surface area contributed by atoms with Gasteiger partial charge in [0.15, 0.2) is 5.82 Å². The van der Waals surface area contributed by atoms with Gasteiger partial charge < -0.3 is 0 Å². The van der Waals surface area contributed by atoms with Gasteiger partial charge in [-0.25, -0.2) is 4.39 Å². The average molecular weight is 380 g/mol. The summed E-state index contributed by atoms with van der Waals surface area (Å²) in [7, 11) is 0. The highest BCUT2D eigenvalue weighted by molar-refractivity contribution is 9.11. The van der Waals surface area contributed by atoms with E-state index in [4.69, 9.17) is 22.1 Å². The number of benzene rings is 1. The molecule has 8 heteroatoms. The molecule has 1 rings (SSSR count). The fourth-order valence-electron chi connectivity index (χ4n) is 0.856. The van der Waals surface area contributed by atoms with Gasteiger partial charge in [0.2, 0.25) is 5.71 Å². The van der Waals surface area contributed by atoms with Crippen LogP contribution in [0.15, 0.2) is 20.1 Å². The summed E-state index contributed by atoms with van der Waals surface area (Å²) in [5.41, 5.74) is 2.10. The molecule has 0 atom stereocenters. The number of nitrogens with one attached hydrogen (secondary N) is 1. The highest BCUT2D eigenvalue weighted by Crippen LogP contribution is 2.37. The first-order chi connectivity index (χ1) is 8.01.